The molecule has 0 aliphatic heterocycles. The van der Waals surface area contributed by atoms with Gasteiger partial charge in [0.2, 0.25) is 0 Å². The molecule has 2 aromatic rings. The highest BCUT2D eigenvalue weighted by atomic mass is 16.3. The lowest BCUT2D eigenvalue weighted by atomic mass is 10.1. The molecule has 2 atom stereocenters. The predicted molar refractivity (Wildman–Crippen MR) is 73.1 cm³/mol. The van der Waals surface area contributed by atoms with Crippen molar-refractivity contribution in [1.82, 2.24) is 15.3 Å². The van der Waals surface area contributed by atoms with Crippen LogP contribution in [0.25, 0.3) is 0 Å². The van der Waals surface area contributed by atoms with Gasteiger partial charge in [-0.3, -0.25) is 9.78 Å². The third kappa shape index (κ3) is 2.28. The Balaban J connectivity index is 1.81. The highest BCUT2D eigenvalue weighted by molar-refractivity contribution is 5.92. The molecule has 0 spiro atoms. The van der Waals surface area contributed by atoms with Gasteiger partial charge in [0.15, 0.2) is 0 Å². The maximum absolute atomic E-state index is 12.1. The van der Waals surface area contributed by atoms with Crippen LogP contribution in [0, 0.1) is 6.92 Å². The zero-order valence-corrected chi connectivity index (χ0v) is 11.1. The molecule has 0 fully saturated rings. The Kier molecular flexibility index (Phi) is 3.20. The number of nitrogens with zero attached hydrogens (tertiary/aromatic N) is 2. The van der Waals surface area contributed by atoms with E-state index in [1.807, 2.05) is 31.2 Å². The lowest BCUT2D eigenvalue weighted by molar-refractivity contribution is 0.0853. The summed E-state index contributed by atoms with van der Waals surface area (Å²) < 4.78 is 0. The summed E-state index contributed by atoms with van der Waals surface area (Å²) in [6.07, 6.45) is 2.95. The first-order valence-corrected chi connectivity index (χ1v) is 6.50. The van der Waals surface area contributed by atoms with Crippen LogP contribution < -0.4 is 5.32 Å². The lowest BCUT2D eigenvalue weighted by Crippen LogP contribution is -2.34. The van der Waals surface area contributed by atoms with E-state index in [1.54, 1.807) is 6.20 Å². The number of aliphatic hydroxyl groups excluding tert-OH is 1. The van der Waals surface area contributed by atoms with Gasteiger partial charge < -0.3 is 10.4 Å². The number of hydrogen-bond donors (Lipinski definition) is 2. The van der Waals surface area contributed by atoms with Gasteiger partial charge in [0.05, 0.1) is 24.0 Å². The number of carbonyl (C=O) groups is 1. The van der Waals surface area contributed by atoms with E-state index in [0.29, 0.717) is 6.42 Å². The second-order valence-corrected chi connectivity index (χ2v) is 4.96. The fraction of sp³-hybridized carbons (Fsp3) is 0.267. The number of rotatable bonds is 2. The van der Waals surface area contributed by atoms with Crippen LogP contribution in [0.15, 0.2) is 36.7 Å². The molecule has 1 aliphatic carbocycles. The number of amides is 1. The summed E-state index contributed by atoms with van der Waals surface area (Å²) in [5.41, 5.74) is 3.05. The van der Waals surface area contributed by atoms with E-state index in [4.69, 9.17) is 0 Å². The minimum Gasteiger partial charge on any atom is -0.390 e. The van der Waals surface area contributed by atoms with Crippen molar-refractivity contribution in [1.29, 1.82) is 0 Å². The topological polar surface area (TPSA) is 75.1 Å². The van der Waals surface area contributed by atoms with E-state index in [2.05, 4.69) is 15.3 Å². The standard InChI is InChI=1S/C15H15N3O2/c1-9-7-17-12(8-16-9)15(20)18-14-11-5-3-2-4-10(11)6-13(14)19/h2-5,7-8,13-14,19H,6H2,1H3,(H,18,20). The van der Waals surface area contributed by atoms with Crippen molar-refractivity contribution in [2.24, 2.45) is 0 Å². The normalized spacial score (nSPS) is 20.5. The first kappa shape index (κ1) is 12.7. The zero-order chi connectivity index (χ0) is 14.1. The molecule has 1 aromatic carbocycles. The Morgan fingerprint density at radius 2 is 2.10 bits per heavy atom. The number of carbonyl (C=O) groups excluding carboxylic acids is 1. The minimum absolute atomic E-state index is 0.257. The summed E-state index contributed by atoms with van der Waals surface area (Å²) in [6.45, 7) is 1.81. The van der Waals surface area contributed by atoms with Crippen LogP contribution in [0.2, 0.25) is 0 Å². The Morgan fingerprint density at radius 3 is 2.85 bits per heavy atom. The number of aliphatic hydroxyl groups is 1. The Labute approximate surface area is 116 Å². The van der Waals surface area contributed by atoms with E-state index in [0.717, 1.165) is 16.8 Å². The van der Waals surface area contributed by atoms with Crippen LogP contribution in [-0.4, -0.2) is 27.1 Å². The molecule has 2 N–H and O–H groups in total. The molecule has 0 saturated heterocycles. The SMILES string of the molecule is Cc1cnc(C(=O)NC2c3ccccc3CC2O)cn1. The molecule has 5 heteroatoms. The van der Waals surface area contributed by atoms with E-state index in [-0.39, 0.29) is 17.6 Å². The smallest absolute Gasteiger partial charge is 0.272 e. The van der Waals surface area contributed by atoms with Gasteiger partial charge in [-0.25, -0.2) is 4.98 Å². The summed E-state index contributed by atoms with van der Waals surface area (Å²) in [5.74, 6) is -0.321. The largest absolute Gasteiger partial charge is 0.390 e. The van der Waals surface area contributed by atoms with Gasteiger partial charge in [-0.05, 0) is 18.1 Å². The molecule has 102 valence electrons. The molecule has 5 nitrogen and oxygen atoms in total. The number of nitrogens with one attached hydrogen (secondary N) is 1. The molecular weight excluding hydrogens is 254 g/mol. The fourth-order valence-electron chi connectivity index (χ4n) is 2.47. The van der Waals surface area contributed by atoms with Crippen LogP contribution in [0.3, 0.4) is 0 Å². The van der Waals surface area contributed by atoms with Crippen LogP contribution in [-0.2, 0) is 6.42 Å². The summed E-state index contributed by atoms with van der Waals surface area (Å²) in [5, 5.41) is 12.9. The zero-order valence-electron chi connectivity index (χ0n) is 11.1. The van der Waals surface area contributed by atoms with Gasteiger partial charge in [0.25, 0.3) is 5.91 Å². The van der Waals surface area contributed by atoms with Crippen molar-refractivity contribution in [2.75, 3.05) is 0 Å². The second kappa shape index (κ2) is 5.02. The predicted octanol–water partition coefficient (Wildman–Crippen LogP) is 1.17. The van der Waals surface area contributed by atoms with Crippen molar-refractivity contribution in [3.63, 3.8) is 0 Å². The lowest BCUT2D eigenvalue weighted by Gasteiger charge is -2.17. The first-order chi connectivity index (χ1) is 9.65. The number of hydrogen-bond acceptors (Lipinski definition) is 4. The van der Waals surface area contributed by atoms with Crippen LogP contribution in [0.5, 0.6) is 0 Å². The molecule has 2 unspecified atom stereocenters. The third-order valence-electron chi connectivity index (χ3n) is 3.50. The minimum atomic E-state index is -0.602. The van der Waals surface area contributed by atoms with Gasteiger partial charge in [0, 0.05) is 12.6 Å². The Morgan fingerprint density at radius 1 is 1.30 bits per heavy atom. The summed E-state index contributed by atoms with van der Waals surface area (Å²) in [4.78, 5) is 20.2. The molecule has 1 aromatic heterocycles. The van der Waals surface area contributed by atoms with E-state index in [9.17, 15) is 9.90 Å². The maximum Gasteiger partial charge on any atom is 0.272 e. The average Bonchev–Trinajstić information content (AvgIpc) is 2.76. The average molecular weight is 269 g/mol. The van der Waals surface area contributed by atoms with Gasteiger partial charge >= 0.3 is 0 Å². The second-order valence-electron chi connectivity index (χ2n) is 4.96. The molecule has 1 amide bonds. The van der Waals surface area contributed by atoms with Crippen molar-refractivity contribution in [3.8, 4) is 0 Å². The van der Waals surface area contributed by atoms with E-state index in [1.165, 1.54) is 6.20 Å². The molecule has 3 rings (SSSR count). The number of aromatic nitrogens is 2. The molecule has 0 radical (unpaired) electrons. The number of benzene rings is 1. The highest BCUT2D eigenvalue weighted by Crippen LogP contribution is 2.31. The summed E-state index contributed by atoms with van der Waals surface area (Å²) >= 11 is 0. The Hall–Kier alpha value is -2.27. The molecule has 0 saturated carbocycles. The fourth-order valence-corrected chi connectivity index (χ4v) is 2.47. The number of aryl methyl sites for hydroxylation is 1. The molecule has 1 aliphatic rings. The highest BCUT2D eigenvalue weighted by Gasteiger charge is 2.32. The van der Waals surface area contributed by atoms with Crippen LogP contribution in [0.4, 0.5) is 0 Å². The van der Waals surface area contributed by atoms with Gasteiger partial charge in [-0.15, -0.1) is 0 Å². The van der Waals surface area contributed by atoms with Crippen molar-refractivity contribution < 1.29 is 9.90 Å². The third-order valence-corrected chi connectivity index (χ3v) is 3.50. The van der Waals surface area contributed by atoms with E-state index < -0.39 is 6.10 Å². The Bertz CT molecular complexity index is 640. The molecule has 0 bridgehead atoms. The first-order valence-electron chi connectivity index (χ1n) is 6.50. The summed E-state index contributed by atoms with van der Waals surface area (Å²) in [7, 11) is 0. The molecule has 20 heavy (non-hydrogen) atoms. The number of fused-ring (bicyclic) bond motifs is 1. The van der Waals surface area contributed by atoms with Crippen molar-refractivity contribution in [2.45, 2.75) is 25.5 Å². The quantitative estimate of drug-likeness (QED) is 0.858. The van der Waals surface area contributed by atoms with Gasteiger partial charge in [-0.2, -0.15) is 0 Å². The van der Waals surface area contributed by atoms with Crippen molar-refractivity contribution >= 4 is 5.91 Å². The van der Waals surface area contributed by atoms with E-state index >= 15 is 0 Å². The van der Waals surface area contributed by atoms with Gasteiger partial charge in [-0.1, -0.05) is 24.3 Å². The molecule has 1 heterocycles. The monoisotopic (exact) mass is 269 g/mol. The van der Waals surface area contributed by atoms with Crippen LogP contribution in [0.1, 0.15) is 33.4 Å². The van der Waals surface area contributed by atoms with Crippen molar-refractivity contribution in [3.05, 3.63) is 59.2 Å². The molecular formula is C15H15N3O2. The van der Waals surface area contributed by atoms with Crippen LogP contribution >= 0.6 is 0 Å². The van der Waals surface area contributed by atoms with Gasteiger partial charge in [0.1, 0.15) is 5.69 Å². The maximum atomic E-state index is 12.1. The summed E-state index contributed by atoms with van der Waals surface area (Å²) in [6, 6.07) is 7.35.